The van der Waals surface area contributed by atoms with Gasteiger partial charge in [-0.3, -0.25) is 14.9 Å². The summed E-state index contributed by atoms with van der Waals surface area (Å²) in [5, 5.41) is 14.1. The molecule has 2 aromatic carbocycles. The Hall–Kier alpha value is -2.93. The normalized spacial score (nSPS) is 14.9. The number of hydrogen-bond acceptors (Lipinski definition) is 5. The van der Waals surface area contributed by atoms with Crippen molar-refractivity contribution in [2.45, 2.75) is 6.54 Å². The summed E-state index contributed by atoms with van der Waals surface area (Å²) in [5.74, 6) is -0.434. The maximum Gasteiger partial charge on any atom is 0.282 e. The molecule has 1 fully saturated rings. The Labute approximate surface area is 152 Å². The number of carbonyl (C=O) groups excluding carboxylic acids is 1. The van der Waals surface area contributed by atoms with Gasteiger partial charge < -0.3 is 15.1 Å². The molecule has 0 radical (unpaired) electrons. The minimum absolute atomic E-state index is 0.0994. The van der Waals surface area contributed by atoms with E-state index in [1.54, 1.807) is 12.1 Å². The summed E-state index contributed by atoms with van der Waals surface area (Å²) in [6, 6.07) is 14.2. The van der Waals surface area contributed by atoms with Gasteiger partial charge >= 0.3 is 0 Å². The van der Waals surface area contributed by atoms with Gasteiger partial charge in [0.25, 0.3) is 11.6 Å². The third-order valence-electron chi connectivity index (χ3n) is 4.59. The van der Waals surface area contributed by atoms with Crippen LogP contribution in [0.2, 0.25) is 0 Å². The molecule has 1 saturated heterocycles. The van der Waals surface area contributed by atoms with Gasteiger partial charge in [-0.1, -0.05) is 30.3 Å². The van der Waals surface area contributed by atoms with E-state index in [9.17, 15) is 14.9 Å². The molecule has 7 heteroatoms. The molecule has 1 N–H and O–H groups in total. The van der Waals surface area contributed by atoms with Crippen molar-refractivity contribution >= 4 is 17.3 Å². The van der Waals surface area contributed by atoms with E-state index in [0.29, 0.717) is 6.54 Å². The second-order valence-corrected chi connectivity index (χ2v) is 6.42. The van der Waals surface area contributed by atoms with Crippen molar-refractivity contribution in [3.8, 4) is 0 Å². The first-order valence-corrected chi connectivity index (χ1v) is 8.58. The summed E-state index contributed by atoms with van der Waals surface area (Å²) in [4.78, 5) is 27.8. The van der Waals surface area contributed by atoms with Crippen molar-refractivity contribution in [3.05, 3.63) is 69.8 Å². The topological polar surface area (TPSA) is 78.7 Å². The average Bonchev–Trinajstić information content (AvgIpc) is 2.67. The number of piperazine rings is 1. The van der Waals surface area contributed by atoms with E-state index in [-0.39, 0.29) is 11.3 Å². The van der Waals surface area contributed by atoms with E-state index >= 15 is 0 Å². The van der Waals surface area contributed by atoms with Crippen LogP contribution in [0.1, 0.15) is 15.9 Å². The van der Waals surface area contributed by atoms with Crippen molar-refractivity contribution in [1.82, 2.24) is 10.2 Å². The molecule has 1 aliphatic rings. The number of amides is 1. The molecule has 1 aliphatic heterocycles. The average molecular weight is 354 g/mol. The van der Waals surface area contributed by atoms with Gasteiger partial charge in [0.15, 0.2) is 0 Å². The number of rotatable bonds is 5. The standard InChI is InChI=1S/C19H22N4O3/c1-21-9-11-22(12-10-21)16-7-8-18(23(25)26)17(13-16)19(24)20-14-15-5-3-2-4-6-15/h2-8,13H,9-12,14H2,1H3,(H,20,24). The van der Waals surface area contributed by atoms with Crippen LogP contribution in [0.25, 0.3) is 0 Å². The summed E-state index contributed by atoms with van der Waals surface area (Å²) >= 11 is 0. The molecular weight excluding hydrogens is 332 g/mol. The minimum Gasteiger partial charge on any atom is -0.369 e. The lowest BCUT2D eigenvalue weighted by Crippen LogP contribution is -2.44. The highest BCUT2D eigenvalue weighted by atomic mass is 16.6. The molecule has 0 unspecified atom stereocenters. The van der Waals surface area contributed by atoms with Gasteiger partial charge in [-0.15, -0.1) is 0 Å². The van der Waals surface area contributed by atoms with Gasteiger partial charge in [0.2, 0.25) is 0 Å². The molecule has 2 aromatic rings. The van der Waals surface area contributed by atoms with E-state index in [0.717, 1.165) is 37.4 Å². The van der Waals surface area contributed by atoms with Crippen molar-refractivity contribution in [2.75, 3.05) is 38.1 Å². The maximum absolute atomic E-state index is 12.6. The van der Waals surface area contributed by atoms with Crippen LogP contribution in [0.3, 0.4) is 0 Å². The molecule has 0 aliphatic carbocycles. The van der Waals surface area contributed by atoms with Crippen LogP contribution < -0.4 is 10.2 Å². The van der Waals surface area contributed by atoms with Gasteiger partial charge in [0, 0.05) is 44.5 Å². The summed E-state index contributed by atoms with van der Waals surface area (Å²) in [7, 11) is 2.07. The maximum atomic E-state index is 12.6. The Morgan fingerprint density at radius 1 is 1.12 bits per heavy atom. The predicted molar refractivity (Wildman–Crippen MR) is 100 cm³/mol. The van der Waals surface area contributed by atoms with Crippen LogP contribution >= 0.6 is 0 Å². The second kappa shape index (κ2) is 7.97. The zero-order valence-corrected chi connectivity index (χ0v) is 14.7. The molecule has 0 spiro atoms. The number of carbonyl (C=O) groups is 1. The quantitative estimate of drug-likeness (QED) is 0.658. The fourth-order valence-electron chi connectivity index (χ4n) is 3.00. The van der Waals surface area contributed by atoms with Crippen molar-refractivity contribution in [1.29, 1.82) is 0 Å². The van der Waals surface area contributed by atoms with Gasteiger partial charge in [-0.2, -0.15) is 0 Å². The number of likely N-dealkylation sites (N-methyl/N-ethyl adjacent to an activating group) is 1. The number of benzene rings is 2. The SMILES string of the molecule is CN1CCN(c2ccc([N+](=O)[O-])c(C(=O)NCc3ccccc3)c2)CC1. The number of nitrogens with one attached hydrogen (secondary N) is 1. The molecule has 7 nitrogen and oxygen atoms in total. The van der Waals surface area contributed by atoms with Gasteiger partial charge in [-0.25, -0.2) is 0 Å². The molecule has 1 heterocycles. The lowest BCUT2D eigenvalue weighted by Gasteiger charge is -2.34. The molecule has 0 bridgehead atoms. The highest BCUT2D eigenvalue weighted by molar-refractivity contribution is 5.99. The Morgan fingerprint density at radius 3 is 2.46 bits per heavy atom. The third kappa shape index (κ3) is 4.18. The lowest BCUT2D eigenvalue weighted by atomic mass is 10.1. The number of nitro benzene ring substituents is 1. The summed E-state index contributed by atoms with van der Waals surface area (Å²) in [5.41, 5.74) is 1.71. The van der Waals surface area contributed by atoms with Crippen LogP contribution in [-0.2, 0) is 6.54 Å². The molecule has 136 valence electrons. The molecule has 0 atom stereocenters. The third-order valence-corrected chi connectivity index (χ3v) is 4.59. The zero-order chi connectivity index (χ0) is 18.5. The molecule has 0 aromatic heterocycles. The zero-order valence-electron chi connectivity index (χ0n) is 14.7. The van der Waals surface area contributed by atoms with Crippen molar-refractivity contribution < 1.29 is 9.72 Å². The van der Waals surface area contributed by atoms with E-state index in [1.807, 2.05) is 30.3 Å². The monoisotopic (exact) mass is 354 g/mol. The lowest BCUT2D eigenvalue weighted by molar-refractivity contribution is -0.385. The van der Waals surface area contributed by atoms with Gasteiger partial charge in [-0.05, 0) is 24.7 Å². The number of nitrogens with zero attached hydrogens (tertiary/aromatic N) is 3. The van der Waals surface area contributed by atoms with Crippen LogP contribution in [0, 0.1) is 10.1 Å². The molecule has 0 saturated carbocycles. The van der Waals surface area contributed by atoms with E-state index in [4.69, 9.17) is 0 Å². The number of nitro groups is 1. The second-order valence-electron chi connectivity index (χ2n) is 6.42. The first-order chi connectivity index (χ1) is 12.5. The van der Waals surface area contributed by atoms with Gasteiger partial charge in [0.1, 0.15) is 5.56 Å². The van der Waals surface area contributed by atoms with E-state index in [2.05, 4.69) is 22.2 Å². The van der Waals surface area contributed by atoms with Crippen LogP contribution in [0.15, 0.2) is 48.5 Å². The predicted octanol–water partition coefficient (Wildman–Crippen LogP) is 2.28. The first-order valence-electron chi connectivity index (χ1n) is 8.58. The first kappa shape index (κ1) is 17.9. The smallest absolute Gasteiger partial charge is 0.282 e. The number of hydrogen-bond donors (Lipinski definition) is 1. The summed E-state index contributed by atoms with van der Waals surface area (Å²) in [6.07, 6.45) is 0. The largest absolute Gasteiger partial charge is 0.369 e. The molecule has 3 rings (SSSR count). The van der Waals surface area contributed by atoms with Crippen LogP contribution in [0.4, 0.5) is 11.4 Å². The number of anilines is 1. The fourth-order valence-corrected chi connectivity index (χ4v) is 3.00. The Balaban J connectivity index is 1.79. The van der Waals surface area contributed by atoms with Gasteiger partial charge in [0.05, 0.1) is 4.92 Å². The highest BCUT2D eigenvalue weighted by Crippen LogP contribution is 2.26. The van der Waals surface area contributed by atoms with Crippen molar-refractivity contribution in [3.63, 3.8) is 0 Å². The summed E-state index contributed by atoms with van der Waals surface area (Å²) < 4.78 is 0. The molecule has 26 heavy (non-hydrogen) atoms. The Bertz CT molecular complexity index is 787. The highest BCUT2D eigenvalue weighted by Gasteiger charge is 2.23. The fraction of sp³-hybridized carbons (Fsp3) is 0.316. The van der Waals surface area contributed by atoms with E-state index < -0.39 is 10.8 Å². The van der Waals surface area contributed by atoms with Crippen LogP contribution in [-0.4, -0.2) is 49.0 Å². The van der Waals surface area contributed by atoms with Crippen molar-refractivity contribution in [2.24, 2.45) is 0 Å². The van der Waals surface area contributed by atoms with E-state index in [1.165, 1.54) is 6.07 Å². The minimum atomic E-state index is -0.509. The Kier molecular flexibility index (Phi) is 5.48. The Morgan fingerprint density at radius 2 is 1.81 bits per heavy atom. The summed E-state index contributed by atoms with van der Waals surface area (Å²) in [6.45, 7) is 3.84. The van der Waals surface area contributed by atoms with Crippen LogP contribution in [0.5, 0.6) is 0 Å². The molecular formula is C19H22N4O3. The molecule has 1 amide bonds.